The molecule has 1 aliphatic rings. The monoisotopic (exact) mass is 488 g/mol. The minimum atomic E-state index is -0.429. The van der Waals surface area contributed by atoms with Gasteiger partial charge >= 0.3 is 0 Å². The Bertz CT molecular complexity index is 1570. The van der Waals surface area contributed by atoms with Crippen molar-refractivity contribution >= 4 is 22.7 Å². The number of anilines is 2. The lowest BCUT2D eigenvalue weighted by atomic mass is 10.0. The number of nitrogens with two attached hydrogens (primary N) is 1. The molecule has 6 rings (SSSR count). The van der Waals surface area contributed by atoms with E-state index in [-0.39, 0.29) is 6.04 Å². The molecule has 5 aromatic heterocycles. The fraction of sp³-hybridized carbons (Fsp3) is 0.292. The van der Waals surface area contributed by atoms with Crippen molar-refractivity contribution < 1.29 is 9.13 Å². The summed E-state index contributed by atoms with van der Waals surface area (Å²) in [5.41, 5.74) is 10.9. The van der Waals surface area contributed by atoms with Gasteiger partial charge in [0, 0.05) is 35.5 Å². The highest BCUT2D eigenvalue weighted by atomic mass is 19.1. The highest BCUT2D eigenvalue weighted by molar-refractivity contribution is 6.03. The minimum Gasteiger partial charge on any atom is -0.382 e. The molecule has 1 aliphatic heterocycles. The van der Waals surface area contributed by atoms with Gasteiger partial charge in [0.1, 0.15) is 11.6 Å². The van der Waals surface area contributed by atoms with Gasteiger partial charge in [-0.1, -0.05) is 0 Å². The first-order valence-corrected chi connectivity index (χ1v) is 11.6. The van der Waals surface area contributed by atoms with E-state index in [0.717, 1.165) is 28.3 Å². The zero-order valence-corrected chi connectivity index (χ0v) is 20.1. The van der Waals surface area contributed by atoms with Crippen molar-refractivity contribution in [1.29, 1.82) is 0 Å². The van der Waals surface area contributed by atoms with Crippen LogP contribution in [0.4, 0.5) is 16.0 Å². The number of H-pyrrole nitrogens is 1. The number of pyridine rings is 2. The molecule has 12 heteroatoms. The molecule has 1 saturated heterocycles. The summed E-state index contributed by atoms with van der Waals surface area (Å²) >= 11 is 0. The van der Waals surface area contributed by atoms with Crippen LogP contribution in [0.1, 0.15) is 18.3 Å². The third-order valence-corrected chi connectivity index (χ3v) is 6.52. The number of rotatable bonds is 4. The Kier molecular flexibility index (Phi) is 5.18. The molecule has 0 bridgehead atoms. The van der Waals surface area contributed by atoms with Gasteiger partial charge in [0.15, 0.2) is 17.3 Å². The van der Waals surface area contributed by atoms with E-state index in [1.165, 1.54) is 12.3 Å². The van der Waals surface area contributed by atoms with E-state index in [1.807, 2.05) is 26.0 Å². The second-order valence-corrected chi connectivity index (χ2v) is 8.90. The highest BCUT2D eigenvalue weighted by Gasteiger charge is 2.27. The molecule has 11 nitrogen and oxygen atoms in total. The molecule has 5 aromatic rings. The molecular formula is C24H25FN10O. The standard InChI is InChI=1S/C24H25FN10O/c1-13-12-36-7-6-33(13)20-9-18(22-23(26)32-35(24(22)29-20)19-4-5-28-30-19)21-14(2)31-34(15(21)3)17-8-16(25)10-27-11-17/h4-5,8-11,13H,6-7,12H2,1-3H3,(H2,26,32)(H,28,30)/t13-/m1/s1. The van der Waals surface area contributed by atoms with Crippen molar-refractivity contribution in [2.45, 2.75) is 26.8 Å². The van der Waals surface area contributed by atoms with Crippen molar-refractivity contribution in [3.05, 3.63) is 54.0 Å². The van der Waals surface area contributed by atoms with Crippen molar-refractivity contribution in [3.63, 3.8) is 0 Å². The zero-order valence-electron chi connectivity index (χ0n) is 20.1. The predicted molar refractivity (Wildman–Crippen MR) is 133 cm³/mol. The molecule has 0 radical (unpaired) electrons. The summed E-state index contributed by atoms with van der Waals surface area (Å²) in [7, 11) is 0. The number of ether oxygens (including phenoxy) is 1. The molecular weight excluding hydrogens is 463 g/mol. The first kappa shape index (κ1) is 22.2. The Labute approximate surface area is 205 Å². The van der Waals surface area contributed by atoms with Crippen LogP contribution >= 0.6 is 0 Å². The molecule has 36 heavy (non-hydrogen) atoms. The van der Waals surface area contributed by atoms with E-state index >= 15 is 0 Å². The van der Waals surface area contributed by atoms with E-state index < -0.39 is 5.82 Å². The van der Waals surface area contributed by atoms with Gasteiger partial charge in [-0.25, -0.2) is 14.1 Å². The smallest absolute Gasteiger partial charge is 0.169 e. The Morgan fingerprint density at radius 1 is 1.17 bits per heavy atom. The number of aromatic nitrogens is 8. The van der Waals surface area contributed by atoms with Crippen LogP contribution in [-0.4, -0.2) is 65.5 Å². The van der Waals surface area contributed by atoms with Gasteiger partial charge in [0.25, 0.3) is 0 Å². The molecule has 0 amide bonds. The predicted octanol–water partition coefficient (Wildman–Crippen LogP) is 2.95. The van der Waals surface area contributed by atoms with Crippen molar-refractivity contribution in [2.24, 2.45) is 0 Å². The maximum atomic E-state index is 13.9. The van der Waals surface area contributed by atoms with Crippen LogP contribution in [0.2, 0.25) is 0 Å². The Morgan fingerprint density at radius 3 is 2.78 bits per heavy atom. The fourth-order valence-electron chi connectivity index (χ4n) is 4.88. The van der Waals surface area contributed by atoms with Crippen LogP contribution in [0, 0.1) is 19.7 Å². The van der Waals surface area contributed by atoms with Gasteiger partial charge < -0.3 is 15.4 Å². The van der Waals surface area contributed by atoms with E-state index in [0.29, 0.717) is 48.1 Å². The molecule has 0 unspecified atom stereocenters. The maximum Gasteiger partial charge on any atom is 0.169 e. The molecule has 0 saturated carbocycles. The van der Waals surface area contributed by atoms with Crippen molar-refractivity contribution in [1.82, 2.24) is 39.7 Å². The van der Waals surface area contributed by atoms with Crippen molar-refractivity contribution in [3.8, 4) is 22.6 Å². The molecule has 6 heterocycles. The summed E-state index contributed by atoms with van der Waals surface area (Å²) in [6, 6.07) is 5.39. The largest absolute Gasteiger partial charge is 0.382 e. The summed E-state index contributed by atoms with van der Waals surface area (Å²) in [4.78, 5) is 11.2. The van der Waals surface area contributed by atoms with Gasteiger partial charge in [-0.3, -0.25) is 10.1 Å². The lowest BCUT2D eigenvalue weighted by Gasteiger charge is -2.34. The van der Waals surface area contributed by atoms with Crippen LogP contribution in [0.25, 0.3) is 33.7 Å². The first-order valence-electron chi connectivity index (χ1n) is 11.6. The quantitative estimate of drug-likeness (QED) is 0.395. The second kappa shape index (κ2) is 8.41. The minimum absolute atomic E-state index is 0.140. The number of halogens is 1. The summed E-state index contributed by atoms with van der Waals surface area (Å²) in [5.74, 6) is 1.34. The molecule has 1 atom stereocenters. The number of fused-ring (bicyclic) bond motifs is 1. The third-order valence-electron chi connectivity index (χ3n) is 6.52. The molecule has 184 valence electrons. The van der Waals surface area contributed by atoms with E-state index in [1.54, 1.807) is 21.8 Å². The lowest BCUT2D eigenvalue weighted by Crippen LogP contribution is -2.44. The molecule has 0 spiro atoms. The van der Waals surface area contributed by atoms with E-state index in [4.69, 9.17) is 20.6 Å². The molecule has 0 aromatic carbocycles. The van der Waals surface area contributed by atoms with Crippen LogP contribution in [-0.2, 0) is 4.74 Å². The zero-order chi connectivity index (χ0) is 25.0. The van der Waals surface area contributed by atoms with Crippen molar-refractivity contribution in [2.75, 3.05) is 30.4 Å². The molecule has 0 aliphatic carbocycles. The summed E-state index contributed by atoms with van der Waals surface area (Å²) in [6.07, 6.45) is 4.40. The van der Waals surface area contributed by atoms with Crippen LogP contribution in [0.15, 0.2) is 36.8 Å². The molecule has 1 fully saturated rings. The SMILES string of the molecule is Cc1nn(-c2cncc(F)c2)c(C)c1-c1cc(N2CCOC[C@H]2C)nc2c1c(N)nn2-c1ccn[nH]1. The number of nitrogens with one attached hydrogen (secondary N) is 1. The van der Waals surface area contributed by atoms with E-state index in [2.05, 4.69) is 32.1 Å². The van der Waals surface area contributed by atoms with Gasteiger partial charge in [-0.2, -0.15) is 14.9 Å². The van der Waals surface area contributed by atoms with Gasteiger partial charge in [0.05, 0.1) is 54.6 Å². The summed E-state index contributed by atoms with van der Waals surface area (Å²) < 4.78 is 23.0. The number of hydrogen-bond acceptors (Lipinski definition) is 8. The van der Waals surface area contributed by atoms with Crippen LogP contribution < -0.4 is 10.6 Å². The topological polar surface area (TPSA) is 129 Å². The van der Waals surface area contributed by atoms with Gasteiger partial charge in [-0.05, 0) is 26.8 Å². The van der Waals surface area contributed by atoms with Crippen LogP contribution in [0.3, 0.4) is 0 Å². The number of aromatic amines is 1. The Morgan fingerprint density at radius 2 is 2.03 bits per heavy atom. The van der Waals surface area contributed by atoms with Gasteiger partial charge in [-0.15, -0.1) is 5.10 Å². The fourth-order valence-corrected chi connectivity index (χ4v) is 4.88. The third kappa shape index (κ3) is 3.49. The number of nitrogens with zero attached hydrogens (tertiary/aromatic N) is 8. The van der Waals surface area contributed by atoms with Crippen LogP contribution in [0.5, 0.6) is 0 Å². The summed E-state index contributed by atoms with van der Waals surface area (Å²) in [5, 5.41) is 17.0. The number of nitrogen functional groups attached to an aromatic ring is 1. The highest BCUT2D eigenvalue weighted by Crippen LogP contribution is 2.39. The number of morpholine rings is 1. The van der Waals surface area contributed by atoms with E-state index in [9.17, 15) is 4.39 Å². The Hall–Kier alpha value is -4.32. The Balaban J connectivity index is 1.63. The average molecular weight is 489 g/mol. The average Bonchev–Trinajstić information content (AvgIpc) is 3.57. The normalized spacial score (nSPS) is 16.2. The molecule has 3 N–H and O–H groups in total. The summed E-state index contributed by atoms with van der Waals surface area (Å²) in [6.45, 7) is 7.91. The second-order valence-electron chi connectivity index (χ2n) is 8.90. The van der Waals surface area contributed by atoms with Gasteiger partial charge in [0.2, 0.25) is 0 Å². The maximum absolute atomic E-state index is 13.9. The first-order chi connectivity index (χ1) is 17.4. The number of hydrogen-bond donors (Lipinski definition) is 2. The number of aryl methyl sites for hydroxylation is 1. The lowest BCUT2D eigenvalue weighted by molar-refractivity contribution is 0.0985.